The normalized spacial score (nSPS) is 48.1. The number of aliphatic hydroxyl groups excluding tert-OH is 13. The molecule has 4 aliphatic heterocycles. The fourth-order valence-corrected chi connectivity index (χ4v) is 12.7. The minimum Gasteiger partial charge on any atom is -0.460 e. The second-order valence-electron chi connectivity index (χ2n) is 22.7. The first kappa shape index (κ1) is 62.6. The van der Waals surface area contributed by atoms with E-state index < -0.39 is 191 Å². The molecule has 0 radical (unpaired) electrons. The second-order valence-corrected chi connectivity index (χ2v) is 22.7. The Hall–Kier alpha value is -2.46. The highest BCUT2D eigenvalue weighted by atomic mass is 16.8. The summed E-state index contributed by atoms with van der Waals surface area (Å²) in [5.41, 5.74) is 0. The Morgan fingerprint density at radius 3 is 1.62 bits per heavy atom. The highest BCUT2D eigenvalue weighted by molar-refractivity contribution is 5.82. The lowest BCUT2D eigenvalue weighted by Crippen LogP contribution is -2.66. The number of aliphatic hydroxyl groups is 13. The number of hydrogen-bond acceptors (Lipinski definition) is 26. The molecule has 0 aromatic carbocycles. The van der Waals surface area contributed by atoms with Gasteiger partial charge in [0.1, 0.15) is 73.8 Å². The molecule has 26 heteroatoms. The highest BCUT2D eigenvalue weighted by Crippen LogP contribution is 2.46. The van der Waals surface area contributed by atoms with Crippen LogP contribution in [0.25, 0.3) is 0 Å². The maximum absolute atomic E-state index is 13.5. The summed E-state index contributed by atoms with van der Waals surface area (Å²) in [6.45, 7) is -2.23. The van der Waals surface area contributed by atoms with Gasteiger partial charge in [0.25, 0.3) is 0 Å². The molecule has 27 unspecified atom stereocenters. The van der Waals surface area contributed by atoms with Gasteiger partial charge < -0.3 is 118 Å². The Bertz CT molecular complexity index is 1970. The number of methoxy groups -OCH3 is 2. The van der Waals surface area contributed by atoms with Gasteiger partial charge >= 0.3 is 11.9 Å². The van der Waals surface area contributed by atoms with Gasteiger partial charge in [-0.2, -0.15) is 0 Å². The fraction of sp³-hybridized carbons (Fsp3) is 0.887. The summed E-state index contributed by atoms with van der Waals surface area (Å²) in [6.07, 6.45) is -23.3. The van der Waals surface area contributed by atoms with Crippen molar-refractivity contribution in [3.63, 3.8) is 0 Å². The first-order valence-electron chi connectivity index (χ1n) is 27.9. The number of rotatable bonds is 18. The second kappa shape index (κ2) is 28.4. The van der Waals surface area contributed by atoms with Crippen LogP contribution >= 0.6 is 0 Å². The Morgan fingerprint density at radius 1 is 0.481 bits per heavy atom. The van der Waals surface area contributed by atoms with Gasteiger partial charge in [-0.25, -0.2) is 9.59 Å². The summed E-state index contributed by atoms with van der Waals surface area (Å²) in [5.74, 6) is -3.09. The minimum atomic E-state index is -2.00. The van der Waals surface area contributed by atoms with Crippen LogP contribution in [-0.2, 0) is 61.7 Å². The lowest BCUT2D eigenvalue weighted by Gasteiger charge is -2.53. The van der Waals surface area contributed by atoms with Crippen LogP contribution in [0.2, 0.25) is 0 Å². The third kappa shape index (κ3) is 15.1. The maximum atomic E-state index is 13.5. The van der Waals surface area contributed by atoms with Crippen molar-refractivity contribution < 1.29 is 128 Å². The van der Waals surface area contributed by atoms with E-state index in [-0.39, 0.29) is 37.0 Å². The zero-order valence-electron chi connectivity index (χ0n) is 44.5. The predicted molar refractivity (Wildman–Crippen MR) is 264 cm³/mol. The van der Waals surface area contributed by atoms with Gasteiger partial charge in [0, 0.05) is 38.7 Å². The van der Waals surface area contributed by atoms with E-state index in [4.69, 9.17) is 52.1 Å². The van der Waals surface area contributed by atoms with Crippen LogP contribution < -0.4 is 0 Å². The van der Waals surface area contributed by atoms with E-state index in [0.29, 0.717) is 64.2 Å². The molecule has 452 valence electrons. The lowest BCUT2D eigenvalue weighted by atomic mass is 9.73. The molecule has 79 heavy (non-hydrogen) atoms. The van der Waals surface area contributed by atoms with Crippen LogP contribution in [-0.4, -0.2) is 266 Å². The smallest absolute Gasteiger partial charge is 0.330 e. The van der Waals surface area contributed by atoms with E-state index in [0.717, 1.165) is 6.08 Å². The van der Waals surface area contributed by atoms with Gasteiger partial charge in [-0.05, 0) is 94.8 Å². The molecule has 8 aliphatic rings. The van der Waals surface area contributed by atoms with Gasteiger partial charge in [-0.3, -0.25) is 0 Å². The van der Waals surface area contributed by atoms with Crippen LogP contribution in [0.3, 0.4) is 0 Å². The Labute approximate surface area is 457 Å². The average Bonchev–Trinajstić information content (AvgIpc) is 3.44. The number of carbonyl (C=O) groups excluding carboxylic acids is 2. The van der Waals surface area contributed by atoms with Crippen LogP contribution in [0.15, 0.2) is 24.3 Å². The molecule has 0 spiro atoms. The summed E-state index contributed by atoms with van der Waals surface area (Å²) in [5, 5.41) is 141. The van der Waals surface area contributed by atoms with Crippen molar-refractivity contribution in [1.29, 1.82) is 0 Å². The molecule has 0 aromatic rings. The molecule has 8 rings (SSSR count). The zero-order valence-corrected chi connectivity index (χ0v) is 44.5. The Morgan fingerprint density at radius 2 is 1.01 bits per heavy atom. The van der Waals surface area contributed by atoms with E-state index in [1.165, 1.54) is 20.3 Å². The summed E-state index contributed by atoms with van der Waals surface area (Å²) < 4.78 is 66.4. The fourth-order valence-electron chi connectivity index (χ4n) is 12.7. The topological polar surface area (TPSA) is 399 Å². The number of ether oxygens (including phenoxy) is 11. The van der Waals surface area contributed by atoms with Crippen molar-refractivity contribution in [1.82, 2.24) is 0 Å². The predicted octanol–water partition coefficient (Wildman–Crippen LogP) is -3.77. The third-order valence-electron chi connectivity index (χ3n) is 17.5. The lowest BCUT2D eigenvalue weighted by molar-refractivity contribution is -0.380. The number of esters is 2. The van der Waals surface area contributed by atoms with Gasteiger partial charge in [0.15, 0.2) is 25.0 Å². The van der Waals surface area contributed by atoms with Crippen molar-refractivity contribution in [2.45, 2.75) is 237 Å². The molecule has 4 saturated carbocycles. The average molecular weight is 1140 g/mol. The molecule has 0 bridgehead atoms. The van der Waals surface area contributed by atoms with Crippen molar-refractivity contribution in [2.75, 3.05) is 34.0 Å². The monoisotopic (exact) mass is 1140 g/mol. The molecule has 26 nitrogen and oxygen atoms in total. The van der Waals surface area contributed by atoms with Crippen LogP contribution in [0.5, 0.6) is 0 Å². The number of allylic oxidation sites excluding steroid dienone is 2. The zero-order chi connectivity index (χ0) is 56.8. The highest BCUT2D eigenvalue weighted by Gasteiger charge is 2.56. The Balaban J connectivity index is 1.07. The summed E-state index contributed by atoms with van der Waals surface area (Å²) in [4.78, 5) is 26.7. The molecule has 8 fully saturated rings. The molecule has 27 atom stereocenters. The number of fused-ring (bicyclic) bond motifs is 1. The van der Waals surface area contributed by atoms with E-state index in [1.54, 1.807) is 12.2 Å². The van der Waals surface area contributed by atoms with Crippen molar-refractivity contribution in [2.24, 2.45) is 23.7 Å². The quantitative estimate of drug-likeness (QED) is 0.0463. The molecular weight excluding hydrogens is 1050 g/mol. The molecule has 0 amide bonds. The maximum Gasteiger partial charge on any atom is 0.330 e. The van der Waals surface area contributed by atoms with Crippen LogP contribution in [0.4, 0.5) is 0 Å². The van der Waals surface area contributed by atoms with Gasteiger partial charge in [0.05, 0.1) is 74.3 Å². The van der Waals surface area contributed by atoms with Gasteiger partial charge in [-0.15, -0.1) is 0 Å². The standard InChI is InChI=1S/C53H84O26/c1-69-33-15-23(3-11-29(33)58)5-13-39(60)71-22-38-43(64)46(67)50(79-53-49(45(66)42(63)37(21-55)76-53)78-40(61)14-6-24-4-12-30(59)34(16-24)70-2)52(77-38)74-35-19-28-31(72-48(35)25-7-9-26(56)10-8-25)17-27(57)18-32(28)73-51-47(68)44(65)41(62)36(20-54)75-51/h5-6,13-14,23-38,41-59,62-68H,3-4,7-12,15-22H2,1-2H3. The number of carbonyl (C=O) groups is 2. The van der Waals surface area contributed by atoms with Crippen LogP contribution in [0, 0.1) is 23.7 Å². The minimum absolute atomic E-state index is 0.0212. The van der Waals surface area contributed by atoms with E-state index in [9.17, 15) is 76.0 Å². The molecule has 0 aromatic heterocycles. The molecule has 4 saturated heterocycles. The van der Waals surface area contributed by atoms with E-state index >= 15 is 0 Å². The van der Waals surface area contributed by atoms with E-state index in [1.807, 2.05) is 0 Å². The molecule has 4 heterocycles. The van der Waals surface area contributed by atoms with E-state index in [2.05, 4.69) is 0 Å². The first-order valence-corrected chi connectivity index (χ1v) is 27.9. The van der Waals surface area contributed by atoms with Crippen molar-refractivity contribution in [3.8, 4) is 0 Å². The molecular formula is C53H84O26. The molecule has 4 aliphatic carbocycles. The third-order valence-corrected chi connectivity index (χ3v) is 17.5. The van der Waals surface area contributed by atoms with Gasteiger partial charge in [0.2, 0.25) is 0 Å². The summed E-state index contributed by atoms with van der Waals surface area (Å²) >= 11 is 0. The summed E-state index contributed by atoms with van der Waals surface area (Å²) in [6, 6.07) is 0. The van der Waals surface area contributed by atoms with Crippen molar-refractivity contribution in [3.05, 3.63) is 24.3 Å². The SMILES string of the molecule is COC1CC(C=CC(=O)OCC2OC(OC3CC4C(OC5OC(CO)C(O)C(O)C5O)CC(O)CC4OC3C3CCC(O)CC3)C(OC3OC(CO)C(O)C(O)C3OC(=O)C=CC3CCC(O)C(OC)C3)C(O)C2O)CCC1O. The first-order chi connectivity index (χ1) is 37.8. The van der Waals surface area contributed by atoms with Gasteiger partial charge in [-0.1, -0.05) is 12.2 Å². The molecule has 13 N–H and O–H groups in total. The summed E-state index contributed by atoms with van der Waals surface area (Å²) in [7, 11) is 2.96. The largest absolute Gasteiger partial charge is 0.460 e. The number of hydrogen-bond donors (Lipinski definition) is 13. The van der Waals surface area contributed by atoms with Crippen LogP contribution in [0.1, 0.15) is 83.5 Å². The van der Waals surface area contributed by atoms with Crippen molar-refractivity contribution >= 4 is 11.9 Å². The Kier molecular flexibility index (Phi) is 22.5.